The van der Waals surface area contributed by atoms with Crippen molar-refractivity contribution in [3.8, 4) is 0 Å². The second kappa shape index (κ2) is 6.24. The molecule has 0 aliphatic carbocycles. The van der Waals surface area contributed by atoms with Crippen molar-refractivity contribution in [2.75, 3.05) is 6.54 Å². The van der Waals surface area contributed by atoms with E-state index in [2.05, 4.69) is 22.4 Å². The van der Waals surface area contributed by atoms with E-state index >= 15 is 0 Å². The standard InChI is InChI=1S/C16H16ClN3O/c1-2-7-18-15(12-6-8-19-20-10-12)14-9-11-4-3-5-13(17)16(11)21-14/h3-6,8-10,15,18H,2,7H2,1H3. The van der Waals surface area contributed by atoms with Crippen LogP contribution in [0.3, 0.4) is 0 Å². The molecule has 0 fully saturated rings. The highest BCUT2D eigenvalue weighted by molar-refractivity contribution is 6.34. The summed E-state index contributed by atoms with van der Waals surface area (Å²) in [6.45, 7) is 3.02. The molecule has 0 radical (unpaired) electrons. The van der Waals surface area contributed by atoms with Crippen molar-refractivity contribution >= 4 is 22.6 Å². The second-order valence-corrected chi connectivity index (χ2v) is 5.28. The first-order valence-electron chi connectivity index (χ1n) is 6.97. The molecule has 4 nitrogen and oxygen atoms in total. The lowest BCUT2D eigenvalue weighted by molar-refractivity contribution is 0.468. The summed E-state index contributed by atoms with van der Waals surface area (Å²) >= 11 is 6.19. The fourth-order valence-electron chi connectivity index (χ4n) is 2.33. The van der Waals surface area contributed by atoms with Gasteiger partial charge in [-0.05, 0) is 36.7 Å². The molecule has 108 valence electrons. The van der Waals surface area contributed by atoms with Gasteiger partial charge in [-0.25, -0.2) is 0 Å². The van der Waals surface area contributed by atoms with E-state index in [-0.39, 0.29) is 6.04 Å². The van der Waals surface area contributed by atoms with Gasteiger partial charge in [0.1, 0.15) is 5.76 Å². The van der Waals surface area contributed by atoms with Crippen molar-refractivity contribution in [2.45, 2.75) is 19.4 Å². The van der Waals surface area contributed by atoms with Crippen molar-refractivity contribution in [1.29, 1.82) is 0 Å². The summed E-state index contributed by atoms with van der Waals surface area (Å²) in [7, 11) is 0. The molecule has 2 heterocycles. The lowest BCUT2D eigenvalue weighted by Crippen LogP contribution is -2.22. The second-order valence-electron chi connectivity index (χ2n) is 4.87. The third-order valence-electron chi connectivity index (χ3n) is 3.34. The summed E-state index contributed by atoms with van der Waals surface area (Å²) in [5.74, 6) is 0.833. The van der Waals surface area contributed by atoms with Crippen molar-refractivity contribution in [2.24, 2.45) is 0 Å². The number of benzene rings is 1. The van der Waals surface area contributed by atoms with Gasteiger partial charge in [-0.2, -0.15) is 10.2 Å². The monoisotopic (exact) mass is 301 g/mol. The van der Waals surface area contributed by atoms with Crippen molar-refractivity contribution in [3.63, 3.8) is 0 Å². The van der Waals surface area contributed by atoms with Gasteiger partial charge in [0.2, 0.25) is 0 Å². The molecule has 0 saturated heterocycles. The summed E-state index contributed by atoms with van der Waals surface area (Å²) in [6.07, 6.45) is 4.48. The SMILES string of the molecule is CCCNC(c1ccnnc1)c1cc2cccc(Cl)c2o1. The number of rotatable bonds is 5. The van der Waals surface area contributed by atoms with Crippen LogP contribution >= 0.6 is 11.6 Å². The molecule has 2 aromatic heterocycles. The van der Waals surface area contributed by atoms with Gasteiger partial charge in [-0.3, -0.25) is 0 Å². The molecule has 1 aromatic carbocycles. The molecule has 1 atom stereocenters. The first-order chi connectivity index (χ1) is 10.3. The number of hydrogen-bond donors (Lipinski definition) is 1. The minimum Gasteiger partial charge on any atom is -0.457 e. The van der Waals surface area contributed by atoms with Crippen LogP contribution in [0.5, 0.6) is 0 Å². The molecular formula is C16H16ClN3O. The summed E-state index contributed by atoms with van der Waals surface area (Å²) in [6, 6.07) is 9.66. The molecule has 0 bridgehead atoms. The Hall–Kier alpha value is -1.91. The van der Waals surface area contributed by atoms with Gasteiger partial charge >= 0.3 is 0 Å². The minimum atomic E-state index is -0.0519. The first-order valence-corrected chi connectivity index (χ1v) is 7.35. The highest BCUT2D eigenvalue weighted by Crippen LogP contribution is 2.31. The predicted octanol–water partition coefficient (Wildman–Crippen LogP) is 3.97. The average Bonchev–Trinajstić information content (AvgIpc) is 2.94. The van der Waals surface area contributed by atoms with Crippen LogP contribution in [-0.2, 0) is 0 Å². The van der Waals surface area contributed by atoms with Crippen LogP contribution < -0.4 is 5.32 Å². The van der Waals surface area contributed by atoms with E-state index in [1.54, 1.807) is 12.4 Å². The van der Waals surface area contributed by atoms with Gasteiger partial charge in [0, 0.05) is 11.6 Å². The van der Waals surface area contributed by atoms with Crippen LogP contribution in [-0.4, -0.2) is 16.7 Å². The van der Waals surface area contributed by atoms with E-state index in [9.17, 15) is 0 Å². The van der Waals surface area contributed by atoms with E-state index in [4.69, 9.17) is 16.0 Å². The molecule has 21 heavy (non-hydrogen) atoms. The number of furan rings is 1. The van der Waals surface area contributed by atoms with Crippen LogP contribution in [0, 0.1) is 0 Å². The molecule has 1 N–H and O–H groups in total. The summed E-state index contributed by atoms with van der Waals surface area (Å²) in [4.78, 5) is 0. The third-order valence-corrected chi connectivity index (χ3v) is 3.64. The number of para-hydroxylation sites is 1. The van der Waals surface area contributed by atoms with Gasteiger partial charge in [0.15, 0.2) is 5.58 Å². The topological polar surface area (TPSA) is 51.0 Å². The van der Waals surface area contributed by atoms with Gasteiger partial charge in [-0.1, -0.05) is 30.7 Å². The van der Waals surface area contributed by atoms with E-state index < -0.39 is 0 Å². The zero-order chi connectivity index (χ0) is 14.7. The van der Waals surface area contributed by atoms with Crippen molar-refractivity contribution in [3.05, 3.63) is 59.1 Å². The average molecular weight is 302 g/mol. The maximum absolute atomic E-state index is 6.19. The zero-order valence-electron chi connectivity index (χ0n) is 11.7. The van der Waals surface area contributed by atoms with Crippen LogP contribution in [0.25, 0.3) is 11.0 Å². The Morgan fingerprint density at radius 1 is 1.29 bits per heavy atom. The molecule has 5 heteroatoms. The molecular weight excluding hydrogens is 286 g/mol. The van der Waals surface area contributed by atoms with E-state index in [0.717, 1.165) is 35.3 Å². The lowest BCUT2D eigenvalue weighted by atomic mass is 10.1. The molecule has 3 rings (SSSR count). The predicted molar refractivity (Wildman–Crippen MR) is 83.4 cm³/mol. The van der Waals surface area contributed by atoms with E-state index in [0.29, 0.717) is 5.02 Å². The normalized spacial score (nSPS) is 12.7. The van der Waals surface area contributed by atoms with E-state index in [1.807, 2.05) is 30.3 Å². The number of hydrogen-bond acceptors (Lipinski definition) is 4. The smallest absolute Gasteiger partial charge is 0.152 e. The lowest BCUT2D eigenvalue weighted by Gasteiger charge is -2.15. The molecule has 0 amide bonds. The van der Waals surface area contributed by atoms with Gasteiger partial charge in [0.05, 0.1) is 17.3 Å². The molecule has 0 saturated carbocycles. The first kappa shape index (κ1) is 14.0. The number of nitrogens with one attached hydrogen (secondary N) is 1. The number of fused-ring (bicyclic) bond motifs is 1. The fraction of sp³-hybridized carbons (Fsp3) is 0.250. The van der Waals surface area contributed by atoms with Crippen LogP contribution in [0.1, 0.15) is 30.7 Å². The maximum Gasteiger partial charge on any atom is 0.152 e. The van der Waals surface area contributed by atoms with Crippen LogP contribution in [0.4, 0.5) is 0 Å². The third kappa shape index (κ3) is 2.91. The summed E-state index contributed by atoms with van der Waals surface area (Å²) in [5.41, 5.74) is 1.74. The largest absolute Gasteiger partial charge is 0.457 e. The highest BCUT2D eigenvalue weighted by atomic mass is 35.5. The maximum atomic E-state index is 6.19. The molecule has 0 aliphatic heterocycles. The number of halogens is 1. The molecule has 1 unspecified atom stereocenters. The Morgan fingerprint density at radius 2 is 2.19 bits per heavy atom. The summed E-state index contributed by atoms with van der Waals surface area (Å²) in [5, 5.41) is 12.9. The van der Waals surface area contributed by atoms with Crippen molar-refractivity contribution in [1.82, 2.24) is 15.5 Å². The Balaban J connectivity index is 2.03. The Kier molecular flexibility index (Phi) is 4.18. The quantitative estimate of drug-likeness (QED) is 0.775. The van der Waals surface area contributed by atoms with Gasteiger partial charge in [0.25, 0.3) is 0 Å². The number of aromatic nitrogens is 2. The molecule has 0 spiro atoms. The zero-order valence-corrected chi connectivity index (χ0v) is 12.5. The Morgan fingerprint density at radius 3 is 2.90 bits per heavy atom. The van der Waals surface area contributed by atoms with Crippen LogP contribution in [0.15, 0.2) is 47.1 Å². The van der Waals surface area contributed by atoms with Crippen LogP contribution in [0.2, 0.25) is 5.02 Å². The Labute approximate surface area is 128 Å². The van der Waals surface area contributed by atoms with Gasteiger partial charge in [-0.15, -0.1) is 0 Å². The van der Waals surface area contributed by atoms with Crippen molar-refractivity contribution < 1.29 is 4.42 Å². The molecule has 0 aliphatic rings. The minimum absolute atomic E-state index is 0.0519. The Bertz CT molecular complexity index is 727. The fourth-order valence-corrected chi connectivity index (χ4v) is 2.55. The number of nitrogens with zero attached hydrogens (tertiary/aromatic N) is 2. The molecule has 3 aromatic rings. The van der Waals surface area contributed by atoms with E-state index in [1.165, 1.54) is 0 Å². The highest BCUT2D eigenvalue weighted by Gasteiger charge is 2.19. The summed E-state index contributed by atoms with van der Waals surface area (Å²) < 4.78 is 5.97. The van der Waals surface area contributed by atoms with Gasteiger partial charge < -0.3 is 9.73 Å².